The van der Waals surface area contributed by atoms with Crippen LogP contribution in [0.4, 0.5) is 0 Å². The lowest BCUT2D eigenvalue weighted by Crippen LogP contribution is -2.58. The highest BCUT2D eigenvalue weighted by molar-refractivity contribution is 5.82. The van der Waals surface area contributed by atoms with E-state index in [0.717, 1.165) is 55.6 Å². The van der Waals surface area contributed by atoms with Crippen molar-refractivity contribution in [3.63, 3.8) is 0 Å². The van der Waals surface area contributed by atoms with E-state index in [2.05, 4.69) is 37.8 Å². The molecule has 5 rings (SSSR count). The molecular formula is C50H85NO13. The molecular weight excluding hydrogens is 823 g/mol. The Bertz CT molecular complexity index is 1610. The third-order valence-corrected chi connectivity index (χ3v) is 15.0. The van der Waals surface area contributed by atoms with E-state index in [9.17, 15) is 35.4 Å². The molecule has 0 saturated carbocycles. The molecule has 3 fully saturated rings. The summed E-state index contributed by atoms with van der Waals surface area (Å²) < 4.78 is 39.2. The van der Waals surface area contributed by atoms with Crippen LogP contribution in [0.15, 0.2) is 35.6 Å². The fourth-order valence-corrected chi connectivity index (χ4v) is 10.5. The number of rotatable bonds is 6. The molecule has 17 unspecified atom stereocenters. The summed E-state index contributed by atoms with van der Waals surface area (Å²) in [4.78, 5) is 15.9. The fourth-order valence-electron chi connectivity index (χ4n) is 10.5. The van der Waals surface area contributed by atoms with Gasteiger partial charge in [0.15, 0.2) is 12.1 Å². The topological polar surface area (TPSA) is 197 Å². The van der Waals surface area contributed by atoms with Gasteiger partial charge in [0.1, 0.15) is 35.3 Å². The van der Waals surface area contributed by atoms with Crippen molar-refractivity contribution in [2.75, 3.05) is 14.1 Å². The molecule has 0 amide bonds. The largest absolute Gasteiger partial charge is 0.491 e. The van der Waals surface area contributed by atoms with Crippen LogP contribution in [0.1, 0.15) is 152 Å². The number of allylic oxidation sites excluding steroid dienone is 2. The zero-order valence-corrected chi connectivity index (χ0v) is 40.8. The zero-order valence-electron chi connectivity index (χ0n) is 40.8. The monoisotopic (exact) mass is 908 g/mol. The quantitative estimate of drug-likeness (QED) is 0.170. The van der Waals surface area contributed by atoms with E-state index in [1.807, 2.05) is 34.9 Å². The second-order valence-electron chi connectivity index (χ2n) is 21.4. The zero-order chi connectivity index (χ0) is 47.4. The maximum atomic E-state index is 13.8. The molecule has 17 atom stereocenters. The molecule has 0 aliphatic carbocycles. The van der Waals surface area contributed by atoms with Crippen molar-refractivity contribution in [3.05, 3.63) is 35.6 Å². The van der Waals surface area contributed by atoms with Crippen LogP contribution in [-0.4, -0.2) is 145 Å². The van der Waals surface area contributed by atoms with Crippen LogP contribution in [0.5, 0.6) is 0 Å². The van der Waals surface area contributed by atoms with E-state index in [1.165, 1.54) is 20.8 Å². The van der Waals surface area contributed by atoms with Crippen LogP contribution in [0, 0.1) is 17.8 Å². The predicted octanol–water partition coefficient (Wildman–Crippen LogP) is 5.98. The SMILES string of the molecule is CCC(O)CC1OC2(CCC1C)CC1OC(=O)C=CC(C)(O)C(O)C(C)C(O)C(OC3CCC(N(C)C)C(C)O3)C(O)C(C)(O)CCCCCC=CC3=C(CC(O2)C1C)OC(C)(C)C3. The standard InChI is InChI=1S/C50H85NO13/c1-12-35(52)26-37-30(2)21-25-50(63-37)29-40-31(3)38(64-50)27-39-34(28-47(6,7)62-39)18-16-14-13-15-17-23-48(8,57)46(56)44(61-42-20-19-36(51(10)11)33(5)59-42)43(54)32(4)45(55)49(9,58)24-22-41(53)60-40/h16,18,22,24,30-33,35-38,40,42-46,52,54-58H,12-15,17,19-21,23,25-29H2,1-11H3. The smallest absolute Gasteiger partial charge is 0.330 e. The molecule has 0 aromatic heterocycles. The number of nitrogens with zero attached hydrogens (tertiary/aromatic N) is 1. The summed E-state index contributed by atoms with van der Waals surface area (Å²) in [5.41, 5.74) is -3.09. The van der Waals surface area contributed by atoms with Gasteiger partial charge in [-0.25, -0.2) is 4.79 Å². The van der Waals surface area contributed by atoms with Crippen molar-refractivity contribution < 1.29 is 63.9 Å². The molecule has 5 aliphatic rings. The maximum Gasteiger partial charge on any atom is 0.330 e. The van der Waals surface area contributed by atoms with Gasteiger partial charge in [0.2, 0.25) is 0 Å². The first kappa shape index (κ1) is 53.0. The van der Waals surface area contributed by atoms with Gasteiger partial charge in [0.25, 0.3) is 0 Å². The van der Waals surface area contributed by atoms with Crippen LogP contribution >= 0.6 is 0 Å². The molecule has 14 heteroatoms. The van der Waals surface area contributed by atoms with Crippen molar-refractivity contribution in [2.45, 2.75) is 242 Å². The van der Waals surface area contributed by atoms with Gasteiger partial charge in [-0.1, -0.05) is 52.7 Å². The lowest BCUT2D eigenvalue weighted by atomic mass is 9.79. The Kier molecular flexibility index (Phi) is 18.2. The summed E-state index contributed by atoms with van der Waals surface area (Å²) in [5.74, 6) is -2.20. The first-order valence-corrected chi connectivity index (χ1v) is 24.3. The van der Waals surface area contributed by atoms with Crippen LogP contribution in [-0.2, 0) is 33.2 Å². The van der Waals surface area contributed by atoms with Crippen molar-refractivity contribution in [3.8, 4) is 0 Å². The molecule has 6 N–H and O–H groups in total. The van der Waals surface area contributed by atoms with Crippen LogP contribution in [0.2, 0.25) is 0 Å². The van der Waals surface area contributed by atoms with E-state index >= 15 is 0 Å². The molecule has 1 spiro atoms. The van der Waals surface area contributed by atoms with Crippen LogP contribution < -0.4 is 0 Å². The lowest BCUT2D eigenvalue weighted by Gasteiger charge is -2.52. The van der Waals surface area contributed by atoms with E-state index in [-0.39, 0.29) is 42.9 Å². The normalized spacial score (nSPS) is 43.9. The molecule has 5 aliphatic heterocycles. The third kappa shape index (κ3) is 13.4. The Hall–Kier alpha value is -1.95. The Labute approximate surface area is 383 Å². The molecule has 0 aromatic rings. The predicted molar refractivity (Wildman–Crippen MR) is 243 cm³/mol. The van der Waals surface area contributed by atoms with Gasteiger partial charge in [0, 0.05) is 49.6 Å². The minimum Gasteiger partial charge on any atom is -0.491 e. The minimum atomic E-state index is -2.05. The molecule has 368 valence electrons. The maximum absolute atomic E-state index is 13.8. The van der Waals surface area contributed by atoms with Crippen molar-refractivity contribution in [2.24, 2.45) is 17.8 Å². The first-order valence-electron chi connectivity index (χ1n) is 24.3. The fraction of sp³-hybridized carbons (Fsp3) is 0.860. The van der Waals surface area contributed by atoms with Gasteiger partial charge < -0.3 is 64.0 Å². The number of aliphatic hydroxyl groups excluding tert-OH is 4. The minimum absolute atomic E-state index is 0.139. The summed E-state index contributed by atoms with van der Waals surface area (Å²) in [5, 5.41) is 69.6. The lowest BCUT2D eigenvalue weighted by molar-refractivity contribution is -0.347. The average molecular weight is 908 g/mol. The van der Waals surface area contributed by atoms with E-state index in [1.54, 1.807) is 0 Å². The van der Waals surface area contributed by atoms with Gasteiger partial charge in [-0.3, -0.25) is 0 Å². The Morgan fingerprint density at radius 1 is 0.891 bits per heavy atom. The summed E-state index contributed by atoms with van der Waals surface area (Å²) in [6.45, 7) is 16.5. The van der Waals surface area contributed by atoms with Crippen molar-refractivity contribution in [1.82, 2.24) is 4.90 Å². The summed E-state index contributed by atoms with van der Waals surface area (Å²) in [6, 6.07) is 0.139. The van der Waals surface area contributed by atoms with Gasteiger partial charge in [-0.05, 0) is 118 Å². The van der Waals surface area contributed by atoms with E-state index in [0.29, 0.717) is 44.9 Å². The first-order chi connectivity index (χ1) is 29.9. The third-order valence-electron chi connectivity index (χ3n) is 15.0. The highest BCUT2D eigenvalue weighted by Gasteiger charge is 2.53. The van der Waals surface area contributed by atoms with E-state index in [4.69, 9.17) is 28.4 Å². The number of carbonyl (C=O) groups excluding carboxylic acids is 1. The van der Waals surface area contributed by atoms with E-state index < -0.39 is 83.5 Å². The molecule has 14 nitrogen and oxygen atoms in total. The number of aliphatic hydroxyl groups is 6. The molecule has 2 bridgehead atoms. The van der Waals surface area contributed by atoms with Crippen molar-refractivity contribution in [1.29, 1.82) is 0 Å². The number of likely N-dealkylation sites (N-methyl/N-ethyl adjacent to an activating group) is 1. The molecule has 0 aromatic carbocycles. The molecule has 5 heterocycles. The second-order valence-corrected chi connectivity index (χ2v) is 21.4. The number of carbonyl (C=O) groups is 1. The summed E-state index contributed by atoms with van der Waals surface area (Å²) in [7, 11) is 3.96. The van der Waals surface area contributed by atoms with Crippen LogP contribution in [0.3, 0.4) is 0 Å². The highest BCUT2D eigenvalue weighted by atomic mass is 16.7. The highest BCUT2D eigenvalue weighted by Crippen LogP contribution is 2.47. The number of esters is 1. The van der Waals surface area contributed by atoms with Crippen molar-refractivity contribution >= 4 is 5.97 Å². The number of ether oxygens (including phenoxy) is 6. The average Bonchev–Trinajstić information content (AvgIpc) is 3.52. The Morgan fingerprint density at radius 2 is 1.61 bits per heavy atom. The molecule has 64 heavy (non-hydrogen) atoms. The number of fused-ring (bicyclic) bond motifs is 2. The van der Waals surface area contributed by atoms with Gasteiger partial charge in [-0.15, -0.1) is 0 Å². The van der Waals surface area contributed by atoms with Crippen LogP contribution in [0.25, 0.3) is 0 Å². The number of hydrogen-bond donors (Lipinski definition) is 6. The summed E-state index contributed by atoms with van der Waals surface area (Å²) >= 11 is 0. The number of hydrogen-bond acceptors (Lipinski definition) is 14. The summed E-state index contributed by atoms with van der Waals surface area (Å²) in [6.07, 6.45) is 5.72. The molecule has 0 radical (unpaired) electrons. The Balaban J connectivity index is 1.45. The van der Waals surface area contributed by atoms with Gasteiger partial charge in [-0.2, -0.15) is 0 Å². The van der Waals surface area contributed by atoms with Gasteiger partial charge >= 0.3 is 5.97 Å². The Morgan fingerprint density at radius 3 is 2.28 bits per heavy atom. The molecule has 3 saturated heterocycles. The van der Waals surface area contributed by atoms with Gasteiger partial charge in [0.05, 0.1) is 42.2 Å². The second kappa shape index (κ2) is 22.0.